The third kappa shape index (κ3) is 1.70. The molecule has 78 valence electrons. The Morgan fingerprint density at radius 3 is 2.93 bits per heavy atom. The number of hydrogen-bond donors (Lipinski definition) is 1. The fourth-order valence-electron chi connectivity index (χ4n) is 1.73. The zero-order valence-corrected chi connectivity index (χ0v) is 8.21. The molecular formula is C11H10FNO2. The van der Waals surface area contributed by atoms with Crippen LogP contribution in [0.15, 0.2) is 24.3 Å². The number of fused-ring (bicyclic) bond motifs is 1. The average Bonchev–Trinajstić information content (AvgIpc) is 2.55. The number of benzene rings is 1. The molecule has 2 aromatic rings. The van der Waals surface area contributed by atoms with Gasteiger partial charge in [0.15, 0.2) is 0 Å². The van der Waals surface area contributed by atoms with E-state index >= 15 is 0 Å². The van der Waals surface area contributed by atoms with Crippen LogP contribution in [0.5, 0.6) is 0 Å². The van der Waals surface area contributed by atoms with Crippen LogP contribution < -0.4 is 0 Å². The van der Waals surface area contributed by atoms with Crippen molar-refractivity contribution in [2.24, 2.45) is 0 Å². The fraction of sp³-hybridized carbons (Fsp3) is 0.182. The number of nitrogens with one attached hydrogen (secondary N) is 1. The van der Waals surface area contributed by atoms with Crippen LogP contribution in [-0.4, -0.2) is 11.0 Å². The first-order chi connectivity index (χ1) is 7.22. The number of aromatic nitrogens is 1. The van der Waals surface area contributed by atoms with Gasteiger partial charge in [-0.15, -0.1) is 0 Å². The molecule has 0 aliphatic heterocycles. The molecular weight excluding hydrogens is 197 g/mol. The molecule has 0 spiro atoms. The van der Waals surface area contributed by atoms with Gasteiger partial charge in [-0.05, 0) is 18.6 Å². The number of aromatic amines is 1. The minimum atomic E-state index is -0.872. The molecule has 0 bridgehead atoms. The number of hydrogen-bond acceptors (Lipinski definition) is 2. The van der Waals surface area contributed by atoms with E-state index < -0.39 is 5.97 Å². The van der Waals surface area contributed by atoms with Crippen LogP contribution in [0, 0.1) is 6.92 Å². The summed E-state index contributed by atoms with van der Waals surface area (Å²) < 4.78 is 11.7. The number of rotatable bonds is 2. The van der Waals surface area contributed by atoms with Crippen molar-refractivity contribution in [2.75, 3.05) is 0 Å². The van der Waals surface area contributed by atoms with Crippen LogP contribution in [0.2, 0.25) is 0 Å². The van der Waals surface area contributed by atoms with Crippen molar-refractivity contribution in [3.8, 4) is 0 Å². The maximum absolute atomic E-state index is 11.7. The molecule has 0 atom stereocenters. The highest BCUT2D eigenvalue weighted by Crippen LogP contribution is 2.22. The van der Waals surface area contributed by atoms with Crippen molar-refractivity contribution in [3.05, 3.63) is 35.5 Å². The molecule has 0 saturated heterocycles. The molecule has 1 aromatic heterocycles. The third-order valence-electron chi connectivity index (χ3n) is 2.43. The van der Waals surface area contributed by atoms with E-state index in [1.165, 1.54) is 0 Å². The molecule has 0 saturated carbocycles. The fourth-order valence-corrected chi connectivity index (χ4v) is 1.73. The van der Waals surface area contributed by atoms with E-state index in [2.05, 4.69) is 9.93 Å². The van der Waals surface area contributed by atoms with Crippen molar-refractivity contribution >= 4 is 16.9 Å². The van der Waals surface area contributed by atoms with Crippen molar-refractivity contribution in [1.82, 2.24) is 4.98 Å². The first kappa shape index (κ1) is 9.71. The molecule has 0 aliphatic rings. The topological polar surface area (TPSA) is 42.1 Å². The summed E-state index contributed by atoms with van der Waals surface area (Å²) in [6, 6.07) is 7.57. The van der Waals surface area contributed by atoms with E-state index in [9.17, 15) is 9.32 Å². The Hall–Kier alpha value is -1.84. The number of para-hydroxylation sites is 1. The maximum atomic E-state index is 11.7. The van der Waals surface area contributed by atoms with Crippen molar-refractivity contribution in [2.45, 2.75) is 13.3 Å². The molecule has 1 N–H and O–H groups in total. The van der Waals surface area contributed by atoms with Crippen LogP contribution in [0.4, 0.5) is 4.53 Å². The Labute approximate surface area is 85.8 Å². The van der Waals surface area contributed by atoms with Crippen LogP contribution in [-0.2, 0) is 16.2 Å². The van der Waals surface area contributed by atoms with Gasteiger partial charge in [-0.3, -0.25) is 4.94 Å². The maximum Gasteiger partial charge on any atom is 0.353 e. The largest absolute Gasteiger partial charge is 0.358 e. The molecule has 0 radical (unpaired) electrons. The Morgan fingerprint density at radius 2 is 2.20 bits per heavy atom. The monoisotopic (exact) mass is 207 g/mol. The van der Waals surface area contributed by atoms with E-state index in [1.807, 2.05) is 31.2 Å². The van der Waals surface area contributed by atoms with Gasteiger partial charge in [-0.2, -0.15) is 0 Å². The number of carbonyl (C=O) groups excluding carboxylic acids is 1. The highest BCUT2D eigenvalue weighted by atomic mass is 19.3. The van der Waals surface area contributed by atoms with Crippen molar-refractivity contribution in [3.63, 3.8) is 0 Å². The normalized spacial score (nSPS) is 10.5. The Bertz CT molecular complexity index is 504. The Kier molecular flexibility index (Phi) is 2.41. The molecule has 1 heterocycles. The summed E-state index contributed by atoms with van der Waals surface area (Å²) in [6.45, 7) is 1.85. The van der Waals surface area contributed by atoms with Gasteiger partial charge < -0.3 is 4.98 Å². The summed E-state index contributed by atoms with van der Waals surface area (Å²) >= 11 is 0. The molecule has 15 heavy (non-hydrogen) atoms. The quantitative estimate of drug-likeness (QED) is 0.821. The summed E-state index contributed by atoms with van der Waals surface area (Å²) in [5.41, 5.74) is 2.59. The molecule has 2 rings (SSSR count). The van der Waals surface area contributed by atoms with Crippen LogP contribution in [0.3, 0.4) is 0 Å². The smallest absolute Gasteiger partial charge is 0.353 e. The minimum absolute atomic E-state index is 0.0493. The van der Waals surface area contributed by atoms with Crippen molar-refractivity contribution in [1.29, 1.82) is 0 Å². The minimum Gasteiger partial charge on any atom is -0.358 e. The van der Waals surface area contributed by atoms with Gasteiger partial charge >= 0.3 is 5.97 Å². The Balaban J connectivity index is 2.49. The number of aryl methyl sites for hydroxylation is 1. The summed E-state index contributed by atoms with van der Waals surface area (Å²) in [5.74, 6) is -0.872. The average molecular weight is 207 g/mol. The lowest BCUT2D eigenvalue weighted by atomic mass is 10.1. The van der Waals surface area contributed by atoms with Gasteiger partial charge in [0.2, 0.25) is 0 Å². The summed E-state index contributed by atoms with van der Waals surface area (Å²) in [4.78, 5) is 17.2. The highest BCUT2D eigenvalue weighted by molar-refractivity contribution is 5.88. The summed E-state index contributed by atoms with van der Waals surface area (Å²) in [6.07, 6.45) is -0.0493. The predicted molar refractivity (Wildman–Crippen MR) is 53.9 cm³/mol. The lowest BCUT2D eigenvalue weighted by Crippen LogP contribution is -2.02. The standard InChI is InChI=1S/C11H10FNO2/c1-7-9(6-11(14)15-12)8-4-2-3-5-10(8)13-7/h2-5,13H,6H2,1H3. The SMILES string of the molecule is Cc1[nH]c2ccccc2c1CC(=O)OF. The van der Waals surface area contributed by atoms with Gasteiger partial charge in [0.05, 0.1) is 6.42 Å². The lowest BCUT2D eigenvalue weighted by molar-refractivity contribution is -0.182. The second-order valence-corrected chi connectivity index (χ2v) is 3.40. The molecule has 0 fully saturated rings. The van der Waals surface area contributed by atoms with Gasteiger partial charge in [0.25, 0.3) is 0 Å². The van der Waals surface area contributed by atoms with E-state index in [1.54, 1.807) is 0 Å². The summed E-state index contributed by atoms with van der Waals surface area (Å²) in [5, 5.41) is 0.931. The highest BCUT2D eigenvalue weighted by Gasteiger charge is 2.13. The molecule has 0 amide bonds. The van der Waals surface area contributed by atoms with E-state index in [0.29, 0.717) is 0 Å². The van der Waals surface area contributed by atoms with Gasteiger partial charge in [0, 0.05) is 21.1 Å². The Morgan fingerprint density at radius 1 is 1.47 bits per heavy atom. The van der Waals surface area contributed by atoms with Gasteiger partial charge in [-0.1, -0.05) is 18.2 Å². The zero-order chi connectivity index (χ0) is 10.8. The second-order valence-electron chi connectivity index (χ2n) is 3.40. The third-order valence-corrected chi connectivity index (χ3v) is 2.43. The van der Waals surface area contributed by atoms with Crippen LogP contribution in [0.1, 0.15) is 11.3 Å². The summed E-state index contributed by atoms with van der Waals surface area (Å²) in [7, 11) is 0. The van der Waals surface area contributed by atoms with E-state index in [4.69, 9.17) is 0 Å². The molecule has 1 aromatic carbocycles. The van der Waals surface area contributed by atoms with Crippen LogP contribution in [0.25, 0.3) is 10.9 Å². The zero-order valence-electron chi connectivity index (χ0n) is 8.21. The number of halogens is 1. The molecule has 3 nitrogen and oxygen atoms in total. The van der Waals surface area contributed by atoms with Crippen molar-refractivity contribution < 1.29 is 14.3 Å². The predicted octanol–water partition coefficient (Wildman–Crippen LogP) is 2.45. The van der Waals surface area contributed by atoms with E-state index in [-0.39, 0.29) is 6.42 Å². The second kappa shape index (κ2) is 3.73. The van der Waals surface area contributed by atoms with Gasteiger partial charge in [-0.25, -0.2) is 4.79 Å². The van der Waals surface area contributed by atoms with Gasteiger partial charge in [0.1, 0.15) is 0 Å². The molecule has 0 aliphatic carbocycles. The van der Waals surface area contributed by atoms with E-state index in [0.717, 1.165) is 22.2 Å². The number of H-pyrrole nitrogens is 1. The first-order valence-electron chi connectivity index (χ1n) is 4.60. The first-order valence-corrected chi connectivity index (χ1v) is 4.60. The molecule has 4 heteroatoms. The lowest BCUT2D eigenvalue weighted by Gasteiger charge is -1.96. The van der Waals surface area contributed by atoms with Crippen LogP contribution >= 0.6 is 0 Å². The number of carbonyl (C=O) groups is 1. The molecule has 0 unspecified atom stereocenters.